The molecule has 1 aliphatic carbocycles. The average Bonchev–Trinajstić information content (AvgIpc) is 2.39. The van der Waals surface area contributed by atoms with Gasteiger partial charge in [0.2, 0.25) is 5.41 Å². The van der Waals surface area contributed by atoms with Crippen molar-refractivity contribution in [2.24, 2.45) is 5.41 Å². The summed E-state index contributed by atoms with van der Waals surface area (Å²) in [6.45, 7) is 0. The fourth-order valence-electron chi connectivity index (χ4n) is 1.99. The molecule has 1 atom stereocenters. The van der Waals surface area contributed by atoms with Crippen LogP contribution in [-0.2, 0) is 9.59 Å². The number of aliphatic carboxylic acids is 2. The van der Waals surface area contributed by atoms with E-state index in [1.54, 1.807) is 24.3 Å². The van der Waals surface area contributed by atoms with Crippen LogP contribution in [-0.4, -0.2) is 33.4 Å². The monoisotopic (exact) mass is 260 g/mol. The van der Waals surface area contributed by atoms with Gasteiger partial charge in [-0.3, -0.25) is 9.59 Å². The van der Waals surface area contributed by atoms with Crippen LogP contribution in [0.5, 0.6) is 0 Å². The van der Waals surface area contributed by atoms with Gasteiger partial charge in [0.15, 0.2) is 0 Å². The number of aliphatic hydroxyl groups excluding tert-OH is 1. The fourth-order valence-corrected chi connectivity index (χ4v) is 1.99. The van der Waals surface area contributed by atoms with Crippen LogP contribution in [0.2, 0.25) is 0 Å². The molecule has 0 heterocycles. The van der Waals surface area contributed by atoms with Gasteiger partial charge in [0, 0.05) is 0 Å². The molecule has 98 valence electrons. The van der Waals surface area contributed by atoms with Gasteiger partial charge in [0.1, 0.15) is 6.10 Å². The molecule has 1 unspecified atom stereocenters. The van der Waals surface area contributed by atoms with Crippen LogP contribution < -0.4 is 0 Å². The van der Waals surface area contributed by atoms with E-state index in [0.717, 1.165) is 11.6 Å². The summed E-state index contributed by atoms with van der Waals surface area (Å²) in [7, 11) is 0. The molecule has 0 aliphatic heterocycles. The second-order valence-electron chi connectivity index (χ2n) is 4.25. The van der Waals surface area contributed by atoms with Crippen molar-refractivity contribution in [1.82, 2.24) is 0 Å². The molecule has 0 spiro atoms. The van der Waals surface area contributed by atoms with E-state index in [1.807, 2.05) is 6.07 Å². The first kappa shape index (κ1) is 13.0. The SMILES string of the molecule is O=C(O)C1(C(=O)O)C=CC(c2ccccc2)=CC1O. The number of aliphatic hydroxyl groups is 1. The number of allylic oxidation sites excluding steroid dienone is 2. The molecule has 0 fully saturated rings. The third-order valence-corrected chi connectivity index (χ3v) is 3.14. The highest BCUT2D eigenvalue weighted by molar-refractivity contribution is 6.03. The molecule has 0 aromatic heterocycles. The largest absolute Gasteiger partial charge is 0.480 e. The molecule has 1 aromatic rings. The standard InChI is InChI=1S/C14H12O5/c15-11-8-10(9-4-2-1-3-5-9)6-7-14(11,12(16)17)13(18)19/h1-8,11,15H,(H,16,17)(H,18,19). The number of benzene rings is 1. The van der Waals surface area contributed by atoms with Crippen molar-refractivity contribution in [2.75, 3.05) is 0 Å². The molecular weight excluding hydrogens is 248 g/mol. The maximum atomic E-state index is 11.2. The van der Waals surface area contributed by atoms with Crippen LogP contribution in [0.3, 0.4) is 0 Å². The average molecular weight is 260 g/mol. The topological polar surface area (TPSA) is 94.8 Å². The zero-order valence-corrected chi connectivity index (χ0v) is 9.85. The molecule has 0 bridgehead atoms. The van der Waals surface area contributed by atoms with Crippen molar-refractivity contribution in [3.8, 4) is 0 Å². The molecule has 0 amide bonds. The number of carboxylic acids is 2. The summed E-state index contributed by atoms with van der Waals surface area (Å²) < 4.78 is 0. The lowest BCUT2D eigenvalue weighted by Crippen LogP contribution is -2.47. The van der Waals surface area contributed by atoms with Gasteiger partial charge in [-0.25, -0.2) is 0 Å². The number of carbonyl (C=O) groups is 2. The van der Waals surface area contributed by atoms with Gasteiger partial charge in [-0.2, -0.15) is 0 Å². The van der Waals surface area contributed by atoms with Crippen molar-refractivity contribution < 1.29 is 24.9 Å². The molecular formula is C14H12O5. The molecule has 5 nitrogen and oxygen atoms in total. The lowest BCUT2D eigenvalue weighted by molar-refractivity contribution is -0.166. The Balaban J connectivity index is 2.42. The van der Waals surface area contributed by atoms with E-state index in [9.17, 15) is 14.7 Å². The van der Waals surface area contributed by atoms with Gasteiger partial charge >= 0.3 is 11.9 Å². The second kappa shape index (κ2) is 4.70. The number of rotatable bonds is 3. The molecule has 2 rings (SSSR count). The molecule has 1 aliphatic rings. The fraction of sp³-hybridized carbons (Fsp3) is 0.143. The van der Waals surface area contributed by atoms with E-state index in [-0.39, 0.29) is 0 Å². The Morgan fingerprint density at radius 2 is 1.63 bits per heavy atom. The van der Waals surface area contributed by atoms with Crippen molar-refractivity contribution in [3.63, 3.8) is 0 Å². The van der Waals surface area contributed by atoms with Gasteiger partial charge < -0.3 is 15.3 Å². The molecule has 19 heavy (non-hydrogen) atoms. The van der Waals surface area contributed by atoms with Crippen LogP contribution in [0.15, 0.2) is 48.6 Å². The van der Waals surface area contributed by atoms with Crippen LogP contribution in [0, 0.1) is 5.41 Å². The van der Waals surface area contributed by atoms with Gasteiger partial charge in [-0.05, 0) is 17.2 Å². The first-order chi connectivity index (χ1) is 8.98. The van der Waals surface area contributed by atoms with E-state index in [0.29, 0.717) is 5.57 Å². The third kappa shape index (κ3) is 2.04. The summed E-state index contributed by atoms with van der Waals surface area (Å²) in [5.74, 6) is -3.18. The van der Waals surface area contributed by atoms with E-state index in [4.69, 9.17) is 10.2 Å². The minimum absolute atomic E-state index is 0.589. The number of hydrogen-bond donors (Lipinski definition) is 3. The summed E-state index contributed by atoms with van der Waals surface area (Å²) >= 11 is 0. The first-order valence-electron chi connectivity index (χ1n) is 5.60. The Hall–Kier alpha value is -2.40. The van der Waals surface area contributed by atoms with Gasteiger partial charge in [0.25, 0.3) is 0 Å². The highest BCUT2D eigenvalue weighted by Crippen LogP contribution is 2.34. The summed E-state index contributed by atoms with van der Waals surface area (Å²) in [6, 6.07) is 9.00. The van der Waals surface area contributed by atoms with E-state index in [1.165, 1.54) is 12.2 Å². The van der Waals surface area contributed by atoms with E-state index >= 15 is 0 Å². The maximum Gasteiger partial charge on any atom is 0.328 e. The molecule has 0 radical (unpaired) electrons. The molecule has 0 saturated heterocycles. The molecule has 3 N–H and O–H groups in total. The maximum absolute atomic E-state index is 11.2. The lowest BCUT2D eigenvalue weighted by Gasteiger charge is -2.28. The predicted octanol–water partition coefficient (Wildman–Crippen LogP) is 1.16. The Morgan fingerprint density at radius 3 is 2.11 bits per heavy atom. The highest BCUT2D eigenvalue weighted by atomic mass is 16.4. The van der Waals surface area contributed by atoms with Crippen LogP contribution in [0.1, 0.15) is 5.56 Å². The van der Waals surface area contributed by atoms with E-state index in [2.05, 4.69) is 0 Å². The minimum Gasteiger partial charge on any atom is -0.480 e. The molecule has 1 aromatic carbocycles. The van der Waals surface area contributed by atoms with Crippen LogP contribution >= 0.6 is 0 Å². The molecule has 0 saturated carbocycles. The normalized spacial score (nSPS) is 20.7. The Morgan fingerprint density at radius 1 is 1.05 bits per heavy atom. The van der Waals surface area contributed by atoms with Crippen molar-refractivity contribution in [2.45, 2.75) is 6.10 Å². The lowest BCUT2D eigenvalue weighted by atomic mass is 9.77. The second-order valence-corrected chi connectivity index (χ2v) is 4.25. The minimum atomic E-state index is -2.32. The third-order valence-electron chi connectivity index (χ3n) is 3.14. The summed E-state index contributed by atoms with van der Waals surface area (Å²) in [4.78, 5) is 22.3. The van der Waals surface area contributed by atoms with Crippen molar-refractivity contribution in [1.29, 1.82) is 0 Å². The van der Waals surface area contributed by atoms with Gasteiger partial charge in [0.05, 0.1) is 0 Å². The highest BCUT2D eigenvalue weighted by Gasteiger charge is 2.51. The van der Waals surface area contributed by atoms with Gasteiger partial charge in [-0.1, -0.05) is 42.5 Å². The first-order valence-corrected chi connectivity index (χ1v) is 5.60. The summed E-state index contributed by atoms with van der Waals surface area (Å²) in [6.07, 6.45) is 2.05. The van der Waals surface area contributed by atoms with Crippen molar-refractivity contribution in [3.05, 3.63) is 54.1 Å². The van der Waals surface area contributed by atoms with Crippen LogP contribution in [0.25, 0.3) is 5.57 Å². The number of carboxylic acid groups (broad SMARTS) is 2. The molecule has 5 heteroatoms. The Labute approximate surface area is 109 Å². The van der Waals surface area contributed by atoms with Crippen LogP contribution in [0.4, 0.5) is 0 Å². The van der Waals surface area contributed by atoms with Crippen molar-refractivity contribution >= 4 is 17.5 Å². The Bertz CT molecular complexity index is 557. The summed E-state index contributed by atoms with van der Waals surface area (Å²) in [5.41, 5.74) is -0.952. The quantitative estimate of drug-likeness (QED) is 0.709. The number of hydrogen-bond acceptors (Lipinski definition) is 3. The Kier molecular flexibility index (Phi) is 3.23. The van der Waals surface area contributed by atoms with Gasteiger partial charge in [-0.15, -0.1) is 0 Å². The summed E-state index contributed by atoms with van der Waals surface area (Å²) in [5, 5.41) is 28.0. The van der Waals surface area contributed by atoms with E-state index < -0.39 is 23.5 Å². The predicted molar refractivity (Wildman–Crippen MR) is 67.3 cm³/mol. The zero-order chi connectivity index (χ0) is 14.0. The smallest absolute Gasteiger partial charge is 0.328 e. The zero-order valence-electron chi connectivity index (χ0n) is 9.85.